The molecule has 0 saturated carbocycles. The molecule has 1 aliphatic heterocycles. The van der Waals surface area contributed by atoms with Crippen LogP contribution in [0, 0.1) is 0 Å². The lowest BCUT2D eigenvalue weighted by Crippen LogP contribution is -2.52. The quantitative estimate of drug-likeness (QED) is 0.845. The number of piperazine rings is 1. The van der Waals surface area contributed by atoms with Crippen LogP contribution in [0.1, 0.15) is 17.3 Å². The number of carbonyl (C=O) groups is 1. The van der Waals surface area contributed by atoms with Crippen molar-refractivity contribution in [1.82, 2.24) is 15.2 Å². The number of carbonyl (C=O) groups excluding carboxylic acids is 1. The first-order valence-corrected chi connectivity index (χ1v) is 6.10. The maximum Gasteiger partial charge on any atom is 0.255 e. The molecule has 0 bridgehead atoms. The zero-order chi connectivity index (χ0) is 11.5. The predicted molar refractivity (Wildman–Crippen MR) is 65.3 cm³/mol. The van der Waals surface area contributed by atoms with Gasteiger partial charge in [-0.15, -0.1) is 0 Å². The smallest absolute Gasteiger partial charge is 0.255 e. The second-order valence-corrected chi connectivity index (χ2v) is 4.86. The lowest BCUT2D eigenvalue weighted by atomic mass is 10.1. The predicted octanol–water partition coefficient (Wildman–Crippen LogP) is 1.28. The second-order valence-electron chi connectivity index (χ2n) is 3.94. The number of amides is 1. The maximum atomic E-state index is 12.2. The van der Waals surface area contributed by atoms with Gasteiger partial charge >= 0.3 is 0 Å². The van der Waals surface area contributed by atoms with Crippen LogP contribution in [-0.4, -0.2) is 41.5 Å². The van der Waals surface area contributed by atoms with E-state index in [1.54, 1.807) is 12.4 Å². The van der Waals surface area contributed by atoms with Crippen LogP contribution >= 0.6 is 15.9 Å². The number of rotatable bonds is 1. The summed E-state index contributed by atoms with van der Waals surface area (Å²) in [5.74, 6) is 0.0581. The summed E-state index contributed by atoms with van der Waals surface area (Å²) in [6.07, 6.45) is 3.29. The van der Waals surface area contributed by atoms with Gasteiger partial charge in [0.1, 0.15) is 0 Å². The number of halogens is 1. The van der Waals surface area contributed by atoms with Crippen LogP contribution in [0.25, 0.3) is 0 Å². The zero-order valence-corrected chi connectivity index (χ0v) is 10.7. The van der Waals surface area contributed by atoms with Crippen molar-refractivity contribution in [3.63, 3.8) is 0 Å². The molecule has 1 aromatic heterocycles. The van der Waals surface area contributed by atoms with Gasteiger partial charge in [0, 0.05) is 42.5 Å². The molecule has 0 aliphatic carbocycles. The van der Waals surface area contributed by atoms with E-state index in [-0.39, 0.29) is 11.9 Å². The van der Waals surface area contributed by atoms with Crippen LogP contribution in [0.5, 0.6) is 0 Å². The minimum atomic E-state index is 0.0581. The summed E-state index contributed by atoms with van der Waals surface area (Å²) >= 11 is 3.32. The Kier molecular flexibility index (Phi) is 3.56. The summed E-state index contributed by atoms with van der Waals surface area (Å²) in [4.78, 5) is 18.1. The van der Waals surface area contributed by atoms with Crippen LogP contribution in [0.4, 0.5) is 0 Å². The fraction of sp³-hybridized carbons (Fsp3) is 0.455. The van der Waals surface area contributed by atoms with E-state index in [1.807, 2.05) is 11.0 Å². The molecule has 2 heterocycles. The summed E-state index contributed by atoms with van der Waals surface area (Å²) in [5.41, 5.74) is 0.642. The summed E-state index contributed by atoms with van der Waals surface area (Å²) in [7, 11) is 0. The minimum Gasteiger partial charge on any atom is -0.333 e. The van der Waals surface area contributed by atoms with Gasteiger partial charge in [-0.3, -0.25) is 9.78 Å². The number of aromatic nitrogens is 1. The molecule has 0 radical (unpaired) electrons. The highest BCUT2D eigenvalue weighted by molar-refractivity contribution is 9.10. The van der Waals surface area contributed by atoms with Crippen molar-refractivity contribution in [2.75, 3.05) is 19.6 Å². The van der Waals surface area contributed by atoms with Crippen LogP contribution < -0.4 is 5.32 Å². The fourth-order valence-corrected chi connectivity index (χ4v) is 2.20. The van der Waals surface area contributed by atoms with E-state index in [0.29, 0.717) is 5.56 Å². The highest BCUT2D eigenvalue weighted by atomic mass is 79.9. The Hall–Kier alpha value is -0.940. The Balaban J connectivity index is 2.17. The van der Waals surface area contributed by atoms with Gasteiger partial charge in [0.05, 0.1) is 5.56 Å². The molecule has 4 nitrogen and oxygen atoms in total. The zero-order valence-electron chi connectivity index (χ0n) is 9.11. The van der Waals surface area contributed by atoms with Gasteiger partial charge in [-0.1, -0.05) is 0 Å². The summed E-state index contributed by atoms with van der Waals surface area (Å²) in [6, 6.07) is 2.05. The molecule has 2 rings (SSSR count). The first-order valence-electron chi connectivity index (χ1n) is 5.30. The van der Waals surface area contributed by atoms with Gasteiger partial charge in [-0.2, -0.15) is 0 Å². The van der Waals surface area contributed by atoms with Gasteiger partial charge in [0.15, 0.2) is 0 Å². The van der Waals surface area contributed by atoms with Gasteiger partial charge in [-0.25, -0.2) is 0 Å². The Morgan fingerprint density at radius 1 is 1.62 bits per heavy atom. The normalized spacial score (nSPS) is 20.9. The number of nitrogens with zero attached hydrogens (tertiary/aromatic N) is 2. The molecule has 0 spiro atoms. The SMILES string of the molecule is C[C@H]1CNCCN1C(=O)c1cncc(Br)c1. The van der Waals surface area contributed by atoms with Crippen molar-refractivity contribution in [3.05, 3.63) is 28.5 Å². The molecular formula is C11H14BrN3O. The molecule has 1 N–H and O–H groups in total. The Labute approximate surface area is 103 Å². The van der Waals surface area contributed by atoms with Crippen molar-refractivity contribution >= 4 is 21.8 Å². The fourth-order valence-electron chi connectivity index (χ4n) is 1.84. The number of hydrogen-bond donors (Lipinski definition) is 1. The third kappa shape index (κ3) is 2.41. The molecule has 1 saturated heterocycles. The molecule has 0 aromatic carbocycles. The number of hydrogen-bond acceptors (Lipinski definition) is 3. The minimum absolute atomic E-state index is 0.0581. The molecule has 86 valence electrons. The monoisotopic (exact) mass is 283 g/mol. The molecule has 1 atom stereocenters. The molecule has 0 unspecified atom stereocenters. The molecule has 5 heteroatoms. The third-order valence-corrected chi connectivity index (χ3v) is 3.15. The van der Waals surface area contributed by atoms with Gasteiger partial charge in [0.25, 0.3) is 5.91 Å². The van der Waals surface area contributed by atoms with E-state index in [1.165, 1.54) is 0 Å². The molecule has 1 aromatic rings. The third-order valence-electron chi connectivity index (χ3n) is 2.71. The van der Waals surface area contributed by atoms with E-state index >= 15 is 0 Å². The molecule has 16 heavy (non-hydrogen) atoms. The Morgan fingerprint density at radius 3 is 3.12 bits per heavy atom. The molecule has 1 aliphatic rings. The summed E-state index contributed by atoms with van der Waals surface area (Å²) in [5, 5.41) is 3.26. The van der Waals surface area contributed by atoms with Gasteiger partial charge in [0.2, 0.25) is 0 Å². The Morgan fingerprint density at radius 2 is 2.44 bits per heavy atom. The average molecular weight is 284 g/mol. The van der Waals surface area contributed by atoms with Gasteiger partial charge < -0.3 is 10.2 Å². The van der Waals surface area contributed by atoms with Crippen molar-refractivity contribution < 1.29 is 4.79 Å². The van der Waals surface area contributed by atoms with Crippen LogP contribution in [-0.2, 0) is 0 Å². The highest BCUT2D eigenvalue weighted by Gasteiger charge is 2.24. The molecule has 1 fully saturated rings. The van der Waals surface area contributed by atoms with E-state index in [4.69, 9.17) is 0 Å². The maximum absolute atomic E-state index is 12.2. The van der Waals surface area contributed by atoms with Crippen molar-refractivity contribution in [2.24, 2.45) is 0 Å². The summed E-state index contributed by atoms with van der Waals surface area (Å²) < 4.78 is 0.834. The van der Waals surface area contributed by atoms with E-state index in [2.05, 4.69) is 33.2 Å². The lowest BCUT2D eigenvalue weighted by molar-refractivity contribution is 0.0655. The van der Waals surface area contributed by atoms with E-state index in [9.17, 15) is 4.79 Å². The van der Waals surface area contributed by atoms with E-state index in [0.717, 1.165) is 24.1 Å². The Bertz CT molecular complexity index is 397. The standard InChI is InChI=1S/C11H14BrN3O/c1-8-5-13-2-3-15(8)11(16)9-4-10(12)7-14-6-9/h4,6-8,13H,2-3,5H2,1H3/t8-/m0/s1. The first-order chi connectivity index (χ1) is 7.68. The van der Waals surface area contributed by atoms with Crippen LogP contribution in [0.15, 0.2) is 22.9 Å². The van der Waals surface area contributed by atoms with Crippen molar-refractivity contribution in [1.29, 1.82) is 0 Å². The largest absolute Gasteiger partial charge is 0.333 e. The lowest BCUT2D eigenvalue weighted by Gasteiger charge is -2.33. The van der Waals surface area contributed by atoms with Crippen LogP contribution in [0.3, 0.4) is 0 Å². The average Bonchev–Trinajstić information content (AvgIpc) is 2.29. The summed E-state index contributed by atoms with van der Waals surface area (Å²) in [6.45, 7) is 4.52. The van der Waals surface area contributed by atoms with E-state index < -0.39 is 0 Å². The second kappa shape index (κ2) is 4.93. The van der Waals surface area contributed by atoms with Crippen molar-refractivity contribution in [3.8, 4) is 0 Å². The molecule has 1 amide bonds. The topological polar surface area (TPSA) is 45.2 Å². The van der Waals surface area contributed by atoms with Crippen molar-refractivity contribution in [2.45, 2.75) is 13.0 Å². The number of nitrogens with one attached hydrogen (secondary N) is 1. The molecular weight excluding hydrogens is 270 g/mol. The highest BCUT2D eigenvalue weighted by Crippen LogP contribution is 2.14. The number of pyridine rings is 1. The first kappa shape index (κ1) is 11.5. The van der Waals surface area contributed by atoms with Gasteiger partial charge in [-0.05, 0) is 28.9 Å². The van der Waals surface area contributed by atoms with Crippen LogP contribution in [0.2, 0.25) is 0 Å².